The molecule has 3 aromatic rings. The molecule has 2 nitrogen and oxygen atoms in total. The van der Waals surface area contributed by atoms with E-state index in [-0.39, 0.29) is 0 Å². The lowest BCUT2D eigenvalue weighted by Crippen LogP contribution is -2.43. The fraction of sp³-hybridized carbons (Fsp3) is 0.391. The first-order valence-corrected chi connectivity index (χ1v) is 10.2. The van der Waals surface area contributed by atoms with Gasteiger partial charge in [0.1, 0.15) is 0 Å². The fourth-order valence-electron chi connectivity index (χ4n) is 4.95. The van der Waals surface area contributed by atoms with E-state index in [2.05, 4.69) is 47.1 Å². The predicted molar refractivity (Wildman–Crippen MR) is 109 cm³/mol. The van der Waals surface area contributed by atoms with Crippen LogP contribution >= 0.6 is 11.6 Å². The average molecular weight is 365 g/mol. The lowest BCUT2D eigenvalue weighted by Gasteiger charge is -2.37. The molecule has 1 saturated heterocycles. The summed E-state index contributed by atoms with van der Waals surface area (Å²) < 4.78 is 2.60. The van der Waals surface area contributed by atoms with Crippen LogP contribution in [0.2, 0.25) is 5.02 Å². The van der Waals surface area contributed by atoms with E-state index < -0.39 is 0 Å². The summed E-state index contributed by atoms with van der Waals surface area (Å²) in [6.07, 6.45) is 6.15. The van der Waals surface area contributed by atoms with Gasteiger partial charge in [0.05, 0.1) is 0 Å². The van der Waals surface area contributed by atoms with Crippen molar-refractivity contribution >= 4 is 22.5 Å². The molecule has 0 radical (unpaired) electrons. The van der Waals surface area contributed by atoms with Crippen LogP contribution < -0.4 is 5.32 Å². The van der Waals surface area contributed by atoms with Crippen LogP contribution in [-0.4, -0.2) is 10.6 Å². The molecule has 0 spiro atoms. The number of piperidine rings is 1. The second-order valence-electron chi connectivity index (χ2n) is 7.96. The number of nitrogens with one attached hydrogen (secondary N) is 1. The lowest BCUT2D eigenvalue weighted by molar-refractivity contribution is 0.298. The number of aryl methyl sites for hydroxylation is 3. The molecule has 3 heterocycles. The molecule has 2 bridgehead atoms. The number of nitrogens with zero attached hydrogens (tertiary/aromatic N) is 1. The molecule has 0 amide bonds. The van der Waals surface area contributed by atoms with Crippen LogP contribution in [0.5, 0.6) is 0 Å². The summed E-state index contributed by atoms with van der Waals surface area (Å²) >= 11 is 6.04. The van der Waals surface area contributed by atoms with Gasteiger partial charge in [0.2, 0.25) is 0 Å². The van der Waals surface area contributed by atoms with Crippen LogP contribution in [0, 0.1) is 6.92 Å². The Morgan fingerprint density at radius 1 is 1.12 bits per heavy atom. The lowest BCUT2D eigenvalue weighted by atomic mass is 9.84. The van der Waals surface area contributed by atoms with Crippen LogP contribution in [0.4, 0.5) is 0 Å². The van der Waals surface area contributed by atoms with Gasteiger partial charge >= 0.3 is 0 Å². The molecule has 1 N–H and O–H groups in total. The number of hydrogen-bond donors (Lipinski definition) is 1. The second-order valence-corrected chi connectivity index (χ2v) is 8.40. The number of rotatable bonds is 3. The van der Waals surface area contributed by atoms with Crippen LogP contribution in [0.25, 0.3) is 10.9 Å². The normalized spacial score (nSPS) is 21.8. The van der Waals surface area contributed by atoms with Gasteiger partial charge < -0.3 is 9.88 Å². The largest absolute Gasteiger partial charge is 0.344 e. The Hall–Kier alpha value is -1.77. The van der Waals surface area contributed by atoms with Gasteiger partial charge in [-0.05, 0) is 68.0 Å². The zero-order valence-electron chi connectivity index (χ0n) is 15.3. The molecule has 2 aliphatic heterocycles. The minimum absolute atomic E-state index is 0.540. The van der Waals surface area contributed by atoms with Gasteiger partial charge in [-0.2, -0.15) is 0 Å². The maximum Gasteiger partial charge on any atom is 0.0486 e. The number of aromatic nitrogens is 1. The maximum absolute atomic E-state index is 6.04. The highest BCUT2D eigenvalue weighted by Crippen LogP contribution is 2.41. The summed E-state index contributed by atoms with van der Waals surface area (Å²) in [7, 11) is 0. The first-order valence-electron chi connectivity index (χ1n) is 9.81. The van der Waals surface area contributed by atoms with Crippen molar-refractivity contribution in [1.29, 1.82) is 0 Å². The van der Waals surface area contributed by atoms with Gasteiger partial charge in [0.25, 0.3) is 0 Å². The van der Waals surface area contributed by atoms with E-state index in [0.29, 0.717) is 12.1 Å². The Balaban J connectivity index is 1.58. The first kappa shape index (κ1) is 16.4. The van der Waals surface area contributed by atoms with Gasteiger partial charge in [0.15, 0.2) is 0 Å². The van der Waals surface area contributed by atoms with Crippen molar-refractivity contribution < 1.29 is 0 Å². The van der Waals surface area contributed by atoms with E-state index >= 15 is 0 Å². The third-order valence-electron chi connectivity index (χ3n) is 6.18. The average Bonchev–Trinajstić information content (AvgIpc) is 2.94. The molecule has 0 aliphatic carbocycles. The zero-order chi connectivity index (χ0) is 17.7. The quantitative estimate of drug-likeness (QED) is 0.641. The Morgan fingerprint density at radius 2 is 1.96 bits per heavy atom. The van der Waals surface area contributed by atoms with Crippen molar-refractivity contribution in [1.82, 2.24) is 9.88 Å². The van der Waals surface area contributed by atoms with Crippen molar-refractivity contribution in [2.24, 2.45) is 0 Å². The number of fused-ring (bicyclic) bond motifs is 6. The first-order chi connectivity index (χ1) is 12.7. The van der Waals surface area contributed by atoms with E-state index in [1.54, 1.807) is 11.3 Å². The van der Waals surface area contributed by atoms with Crippen LogP contribution in [0.15, 0.2) is 42.5 Å². The number of halogens is 1. The van der Waals surface area contributed by atoms with Gasteiger partial charge in [-0.15, -0.1) is 0 Å². The topological polar surface area (TPSA) is 17.0 Å². The minimum atomic E-state index is 0.540. The van der Waals surface area contributed by atoms with Crippen LogP contribution in [0.1, 0.15) is 47.7 Å². The molecule has 2 aromatic carbocycles. The van der Waals surface area contributed by atoms with E-state index in [0.717, 1.165) is 18.0 Å². The minimum Gasteiger partial charge on any atom is -0.344 e. The second kappa shape index (κ2) is 6.44. The summed E-state index contributed by atoms with van der Waals surface area (Å²) in [4.78, 5) is 0. The highest BCUT2D eigenvalue weighted by Gasteiger charge is 2.34. The molecule has 2 aliphatic rings. The fourth-order valence-corrected chi connectivity index (χ4v) is 5.07. The molecule has 2 atom stereocenters. The van der Waals surface area contributed by atoms with E-state index in [1.807, 2.05) is 12.1 Å². The van der Waals surface area contributed by atoms with Gasteiger partial charge in [-0.3, -0.25) is 0 Å². The summed E-state index contributed by atoms with van der Waals surface area (Å²) in [6.45, 7) is 3.24. The smallest absolute Gasteiger partial charge is 0.0486 e. The molecule has 3 heteroatoms. The van der Waals surface area contributed by atoms with Gasteiger partial charge in [-0.25, -0.2) is 0 Å². The molecule has 5 rings (SSSR count). The maximum atomic E-state index is 6.04. The number of benzene rings is 2. The van der Waals surface area contributed by atoms with Crippen molar-refractivity contribution in [2.45, 2.75) is 57.7 Å². The molecule has 1 fully saturated rings. The van der Waals surface area contributed by atoms with Crippen molar-refractivity contribution in [2.75, 3.05) is 0 Å². The van der Waals surface area contributed by atoms with Crippen LogP contribution in [-0.2, 0) is 19.4 Å². The van der Waals surface area contributed by atoms with Crippen LogP contribution in [0.3, 0.4) is 0 Å². The third-order valence-corrected chi connectivity index (χ3v) is 6.43. The third kappa shape index (κ3) is 2.76. The number of hydrogen-bond acceptors (Lipinski definition) is 1. The highest BCUT2D eigenvalue weighted by molar-refractivity contribution is 6.30. The molecular weight excluding hydrogens is 340 g/mol. The predicted octanol–water partition coefficient (Wildman–Crippen LogP) is 5.59. The highest BCUT2D eigenvalue weighted by atomic mass is 35.5. The zero-order valence-corrected chi connectivity index (χ0v) is 16.0. The molecule has 26 heavy (non-hydrogen) atoms. The van der Waals surface area contributed by atoms with Gasteiger partial charge in [-0.1, -0.05) is 35.4 Å². The molecule has 0 saturated carbocycles. The Bertz CT molecular complexity index is 954. The molecular formula is C23H25ClN2. The summed E-state index contributed by atoms with van der Waals surface area (Å²) in [6, 6.07) is 16.5. The summed E-state index contributed by atoms with van der Waals surface area (Å²) in [5, 5.41) is 6.16. The van der Waals surface area contributed by atoms with Gasteiger partial charge in [0, 0.05) is 46.7 Å². The monoisotopic (exact) mass is 364 g/mol. The SMILES string of the molecule is Cc1ccc2c(c1)c1c(n2CCc2ccc(Cl)cc2)C[C@@H]2CCC[C@H]1N2. The molecule has 1 aromatic heterocycles. The molecule has 134 valence electrons. The van der Waals surface area contributed by atoms with Crippen molar-refractivity contribution in [3.63, 3.8) is 0 Å². The Morgan fingerprint density at radius 3 is 2.81 bits per heavy atom. The van der Waals surface area contributed by atoms with E-state index in [4.69, 9.17) is 11.6 Å². The Labute approximate surface area is 160 Å². The summed E-state index contributed by atoms with van der Waals surface area (Å²) in [5.74, 6) is 0. The van der Waals surface area contributed by atoms with E-state index in [1.165, 1.54) is 47.7 Å². The Kier molecular flexibility index (Phi) is 4.06. The van der Waals surface area contributed by atoms with E-state index in [9.17, 15) is 0 Å². The standard InChI is InChI=1S/C23H25ClN2/c1-15-5-10-21-19(13-15)23-20-4-2-3-18(25-20)14-22(23)26(21)12-11-16-6-8-17(24)9-7-16/h5-10,13,18,20,25H,2-4,11-12,14H2,1H3/t18-,20+/m0/s1. The van der Waals surface area contributed by atoms with Crippen molar-refractivity contribution in [3.8, 4) is 0 Å². The van der Waals surface area contributed by atoms with Crippen molar-refractivity contribution in [3.05, 3.63) is 69.9 Å². The summed E-state index contributed by atoms with van der Waals surface area (Å²) in [5.41, 5.74) is 7.27. The molecule has 0 unspecified atom stereocenters.